The molecule has 0 saturated heterocycles. The summed E-state index contributed by atoms with van der Waals surface area (Å²) in [6.45, 7) is 10.4. The lowest BCUT2D eigenvalue weighted by Gasteiger charge is -2.45. The standard InChI is InChI=1S/C16H25BrN2/c1-15(2)8-13(9-16(3,4)11-15)18-10-12-6-5-7-14(17)19-12/h5-7,13,18H,8-11H2,1-4H3. The van der Waals surface area contributed by atoms with Gasteiger partial charge in [0.15, 0.2) is 0 Å². The number of rotatable bonds is 3. The van der Waals surface area contributed by atoms with Crippen LogP contribution < -0.4 is 5.32 Å². The molecule has 1 aliphatic carbocycles. The zero-order valence-electron chi connectivity index (χ0n) is 12.5. The Balaban J connectivity index is 1.96. The lowest BCUT2D eigenvalue weighted by Crippen LogP contribution is -2.43. The summed E-state index contributed by atoms with van der Waals surface area (Å²) in [7, 11) is 0. The number of pyridine rings is 1. The third kappa shape index (κ3) is 4.57. The summed E-state index contributed by atoms with van der Waals surface area (Å²) in [5, 5.41) is 3.69. The fraction of sp³-hybridized carbons (Fsp3) is 0.688. The number of halogens is 1. The first-order valence-corrected chi connectivity index (χ1v) is 7.90. The van der Waals surface area contributed by atoms with Crippen molar-refractivity contribution in [2.45, 2.75) is 59.5 Å². The van der Waals surface area contributed by atoms with Gasteiger partial charge in [-0.05, 0) is 58.2 Å². The topological polar surface area (TPSA) is 24.9 Å². The highest BCUT2D eigenvalue weighted by Crippen LogP contribution is 2.45. The minimum atomic E-state index is 0.435. The lowest BCUT2D eigenvalue weighted by molar-refractivity contribution is 0.0843. The minimum absolute atomic E-state index is 0.435. The van der Waals surface area contributed by atoms with Crippen LogP contribution in [-0.4, -0.2) is 11.0 Å². The SMILES string of the molecule is CC1(C)CC(NCc2cccc(Br)n2)CC(C)(C)C1. The van der Waals surface area contributed by atoms with Crippen LogP contribution in [0.2, 0.25) is 0 Å². The van der Waals surface area contributed by atoms with E-state index in [0.717, 1.165) is 16.8 Å². The number of hydrogen-bond donors (Lipinski definition) is 1. The highest BCUT2D eigenvalue weighted by Gasteiger charge is 2.38. The summed E-state index contributed by atoms with van der Waals surface area (Å²) in [4.78, 5) is 4.48. The van der Waals surface area contributed by atoms with Crippen molar-refractivity contribution in [2.75, 3.05) is 0 Å². The van der Waals surface area contributed by atoms with Gasteiger partial charge in [0.05, 0.1) is 5.69 Å². The minimum Gasteiger partial charge on any atom is -0.308 e. The first-order valence-electron chi connectivity index (χ1n) is 7.11. The normalized spacial score (nSPS) is 22.4. The number of nitrogens with zero attached hydrogens (tertiary/aromatic N) is 1. The summed E-state index contributed by atoms with van der Waals surface area (Å²) in [5.41, 5.74) is 1.98. The Labute approximate surface area is 125 Å². The molecule has 1 N–H and O–H groups in total. The van der Waals surface area contributed by atoms with Gasteiger partial charge in [0.1, 0.15) is 4.60 Å². The molecule has 0 aliphatic heterocycles. The smallest absolute Gasteiger partial charge is 0.106 e. The molecule has 0 spiro atoms. The van der Waals surface area contributed by atoms with Crippen LogP contribution in [0.5, 0.6) is 0 Å². The van der Waals surface area contributed by atoms with E-state index in [1.807, 2.05) is 12.1 Å². The lowest BCUT2D eigenvalue weighted by atomic mass is 9.63. The van der Waals surface area contributed by atoms with Crippen LogP contribution in [0.15, 0.2) is 22.8 Å². The molecule has 1 aliphatic rings. The van der Waals surface area contributed by atoms with E-state index in [1.54, 1.807) is 0 Å². The molecule has 2 nitrogen and oxygen atoms in total. The monoisotopic (exact) mass is 324 g/mol. The second-order valence-electron chi connectivity index (χ2n) is 7.44. The first kappa shape index (κ1) is 15.0. The molecule has 0 unspecified atom stereocenters. The van der Waals surface area contributed by atoms with Gasteiger partial charge in [-0.15, -0.1) is 0 Å². The van der Waals surface area contributed by atoms with Gasteiger partial charge in [-0.2, -0.15) is 0 Å². The molecule has 3 heteroatoms. The number of nitrogens with one attached hydrogen (secondary N) is 1. The van der Waals surface area contributed by atoms with Gasteiger partial charge < -0.3 is 5.32 Å². The van der Waals surface area contributed by atoms with Gasteiger partial charge >= 0.3 is 0 Å². The molecule has 2 rings (SSSR count). The Morgan fingerprint density at radius 2 is 1.84 bits per heavy atom. The average molecular weight is 325 g/mol. The van der Waals surface area contributed by atoms with E-state index in [1.165, 1.54) is 19.3 Å². The van der Waals surface area contributed by atoms with Crippen LogP contribution in [-0.2, 0) is 6.54 Å². The first-order chi connectivity index (χ1) is 8.76. The summed E-state index contributed by atoms with van der Waals surface area (Å²) in [5.74, 6) is 0. The largest absolute Gasteiger partial charge is 0.308 e. The summed E-state index contributed by atoms with van der Waals surface area (Å²) in [6.07, 6.45) is 3.82. The molecule has 1 heterocycles. The van der Waals surface area contributed by atoms with Gasteiger partial charge in [0, 0.05) is 12.6 Å². The summed E-state index contributed by atoms with van der Waals surface area (Å²) >= 11 is 3.43. The maximum absolute atomic E-state index is 4.48. The fourth-order valence-corrected chi connectivity index (χ4v) is 4.17. The van der Waals surface area contributed by atoms with Crippen LogP contribution >= 0.6 is 15.9 Å². The van der Waals surface area contributed by atoms with E-state index >= 15 is 0 Å². The molecule has 0 atom stereocenters. The highest BCUT2D eigenvalue weighted by molar-refractivity contribution is 9.10. The molecule has 0 bridgehead atoms. The molecule has 0 aromatic carbocycles. The fourth-order valence-electron chi connectivity index (χ4n) is 3.79. The van der Waals surface area contributed by atoms with Crippen LogP contribution in [0.4, 0.5) is 0 Å². The average Bonchev–Trinajstić information content (AvgIpc) is 2.22. The van der Waals surface area contributed by atoms with Crippen LogP contribution in [0.25, 0.3) is 0 Å². The van der Waals surface area contributed by atoms with Crippen molar-refractivity contribution < 1.29 is 0 Å². The van der Waals surface area contributed by atoms with Gasteiger partial charge in [-0.25, -0.2) is 4.98 Å². The summed E-state index contributed by atoms with van der Waals surface area (Å²) < 4.78 is 0.913. The van der Waals surface area contributed by atoms with E-state index in [0.29, 0.717) is 16.9 Å². The zero-order chi connectivity index (χ0) is 14.1. The van der Waals surface area contributed by atoms with Crippen molar-refractivity contribution >= 4 is 15.9 Å². The Morgan fingerprint density at radius 1 is 1.21 bits per heavy atom. The third-order valence-corrected chi connectivity index (χ3v) is 4.34. The van der Waals surface area contributed by atoms with Gasteiger partial charge in [0.25, 0.3) is 0 Å². The quantitative estimate of drug-likeness (QED) is 0.826. The van der Waals surface area contributed by atoms with E-state index < -0.39 is 0 Å². The predicted molar refractivity (Wildman–Crippen MR) is 84.0 cm³/mol. The Kier molecular flexibility index (Phi) is 4.36. The molecule has 1 fully saturated rings. The molecule has 1 aromatic rings. The van der Waals surface area contributed by atoms with E-state index in [9.17, 15) is 0 Å². The van der Waals surface area contributed by atoms with Crippen LogP contribution in [0.1, 0.15) is 52.7 Å². The van der Waals surface area contributed by atoms with E-state index in [2.05, 4.69) is 60.0 Å². The molecule has 1 saturated carbocycles. The highest BCUT2D eigenvalue weighted by atomic mass is 79.9. The number of aromatic nitrogens is 1. The summed E-state index contributed by atoms with van der Waals surface area (Å²) in [6, 6.07) is 6.69. The van der Waals surface area contributed by atoms with Crippen molar-refractivity contribution in [3.8, 4) is 0 Å². The van der Waals surface area contributed by atoms with Crippen LogP contribution in [0.3, 0.4) is 0 Å². The van der Waals surface area contributed by atoms with Gasteiger partial charge in [0.2, 0.25) is 0 Å². The molecule has 0 radical (unpaired) electrons. The van der Waals surface area contributed by atoms with Gasteiger partial charge in [-0.3, -0.25) is 0 Å². The molecular weight excluding hydrogens is 300 g/mol. The molecule has 19 heavy (non-hydrogen) atoms. The van der Waals surface area contributed by atoms with Crippen molar-refractivity contribution in [3.63, 3.8) is 0 Å². The molecule has 1 aromatic heterocycles. The second kappa shape index (κ2) is 5.53. The van der Waals surface area contributed by atoms with Crippen molar-refractivity contribution in [3.05, 3.63) is 28.5 Å². The maximum atomic E-state index is 4.48. The van der Waals surface area contributed by atoms with E-state index in [4.69, 9.17) is 0 Å². The Hall–Kier alpha value is -0.410. The predicted octanol–water partition coefficient (Wildman–Crippen LogP) is 4.54. The van der Waals surface area contributed by atoms with Crippen molar-refractivity contribution in [2.24, 2.45) is 10.8 Å². The molecular formula is C16H25BrN2. The number of hydrogen-bond acceptors (Lipinski definition) is 2. The Bertz CT molecular complexity index is 424. The Morgan fingerprint density at radius 3 is 2.42 bits per heavy atom. The van der Waals surface area contributed by atoms with Crippen LogP contribution in [0, 0.1) is 10.8 Å². The van der Waals surface area contributed by atoms with E-state index in [-0.39, 0.29) is 0 Å². The molecule has 0 amide bonds. The third-order valence-electron chi connectivity index (χ3n) is 3.90. The second-order valence-corrected chi connectivity index (χ2v) is 8.26. The molecule has 106 valence electrons. The van der Waals surface area contributed by atoms with Crippen molar-refractivity contribution in [1.82, 2.24) is 10.3 Å². The maximum Gasteiger partial charge on any atom is 0.106 e. The van der Waals surface area contributed by atoms with Gasteiger partial charge in [-0.1, -0.05) is 33.8 Å². The van der Waals surface area contributed by atoms with Crippen molar-refractivity contribution in [1.29, 1.82) is 0 Å². The zero-order valence-corrected chi connectivity index (χ0v) is 14.0.